The molecule has 0 bridgehead atoms. The van der Waals surface area contributed by atoms with Crippen molar-refractivity contribution in [3.63, 3.8) is 0 Å². The van der Waals surface area contributed by atoms with Gasteiger partial charge in [0.2, 0.25) is 0 Å². The van der Waals surface area contributed by atoms with Crippen LogP contribution < -0.4 is 5.32 Å². The normalized spacial score (nSPS) is 21.0. The average Bonchev–Trinajstić information content (AvgIpc) is 3.51. The molecule has 6 nitrogen and oxygen atoms in total. The summed E-state index contributed by atoms with van der Waals surface area (Å²) in [7, 11) is 0. The van der Waals surface area contributed by atoms with E-state index in [1.807, 2.05) is 0 Å². The van der Waals surface area contributed by atoms with E-state index in [4.69, 9.17) is 16.3 Å². The van der Waals surface area contributed by atoms with Crippen molar-refractivity contribution >= 4 is 34.4 Å². The van der Waals surface area contributed by atoms with E-state index in [1.165, 1.54) is 0 Å². The molecule has 2 heterocycles. The van der Waals surface area contributed by atoms with Crippen LogP contribution in [0.25, 0.3) is 10.9 Å². The monoisotopic (exact) mass is 388 g/mol. The quantitative estimate of drug-likeness (QED) is 0.819. The molecule has 2 fully saturated rings. The van der Waals surface area contributed by atoms with Gasteiger partial charge in [0.25, 0.3) is 5.91 Å². The summed E-state index contributed by atoms with van der Waals surface area (Å²) in [5.74, 6) is -1.32. The van der Waals surface area contributed by atoms with Crippen LogP contribution in [0, 0.1) is 5.92 Å². The molecule has 142 valence electrons. The molecule has 1 aliphatic carbocycles. The van der Waals surface area contributed by atoms with Gasteiger partial charge >= 0.3 is 5.97 Å². The molecular weight excluding hydrogens is 368 g/mol. The van der Waals surface area contributed by atoms with E-state index in [0.29, 0.717) is 47.0 Å². The van der Waals surface area contributed by atoms with E-state index < -0.39 is 17.9 Å². The van der Waals surface area contributed by atoms with E-state index in [0.717, 1.165) is 25.0 Å². The Bertz CT molecular complexity index is 891. The fourth-order valence-corrected chi connectivity index (χ4v) is 3.80. The first-order valence-corrected chi connectivity index (χ1v) is 9.62. The summed E-state index contributed by atoms with van der Waals surface area (Å²) in [4.78, 5) is 29.5. The highest BCUT2D eigenvalue weighted by atomic mass is 35.5. The zero-order valence-corrected chi connectivity index (χ0v) is 15.5. The predicted octanol–water partition coefficient (Wildman–Crippen LogP) is 3.38. The van der Waals surface area contributed by atoms with Gasteiger partial charge in [-0.3, -0.25) is 9.78 Å². The molecule has 2 unspecified atom stereocenters. The third-order valence-corrected chi connectivity index (χ3v) is 5.49. The van der Waals surface area contributed by atoms with Gasteiger partial charge in [0.05, 0.1) is 17.7 Å². The van der Waals surface area contributed by atoms with Gasteiger partial charge in [0, 0.05) is 34.5 Å². The number of ether oxygens (including phenoxy) is 1. The third-order valence-electron chi connectivity index (χ3n) is 5.25. The molecule has 2 N–H and O–H groups in total. The second-order valence-corrected chi connectivity index (χ2v) is 7.73. The maximum absolute atomic E-state index is 13.0. The number of pyridine rings is 1. The number of aliphatic carboxylic acids is 1. The number of hydrogen-bond acceptors (Lipinski definition) is 4. The summed E-state index contributed by atoms with van der Waals surface area (Å²) in [6, 6.07) is 6.04. The summed E-state index contributed by atoms with van der Waals surface area (Å²) < 4.78 is 5.40. The number of nitrogens with zero attached hydrogens (tertiary/aromatic N) is 1. The van der Waals surface area contributed by atoms with Crippen LogP contribution in [0.1, 0.15) is 47.7 Å². The number of rotatable bonds is 5. The summed E-state index contributed by atoms with van der Waals surface area (Å²) in [6.45, 7) is 0.975. The van der Waals surface area contributed by atoms with Crippen molar-refractivity contribution in [2.45, 2.75) is 37.6 Å². The smallest absolute Gasteiger partial charge is 0.326 e. The molecule has 1 saturated heterocycles. The van der Waals surface area contributed by atoms with Crippen LogP contribution in [-0.2, 0) is 9.53 Å². The molecule has 0 spiro atoms. The number of hydrogen-bond donors (Lipinski definition) is 2. The number of carbonyl (C=O) groups excluding carboxylic acids is 1. The minimum absolute atomic E-state index is 0.236. The van der Waals surface area contributed by atoms with Gasteiger partial charge in [-0.15, -0.1) is 0 Å². The molecule has 4 rings (SSSR count). The number of nitrogens with one attached hydrogen (secondary N) is 1. The van der Waals surface area contributed by atoms with E-state index in [-0.39, 0.29) is 5.92 Å². The van der Waals surface area contributed by atoms with E-state index >= 15 is 0 Å². The highest BCUT2D eigenvalue weighted by Crippen LogP contribution is 2.40. The van der Waals surface area contributed by atoms with Crippen molar-refractivity contribution in [1.29, 1.82) is 0 Å². The number of carboxylic acids is 1. The molecule has 1 aromatic heterocycles. The molecule has 7 heteroatoms. The van der Waals surface area contributed by atoms with E-state index in [2.05, 4.69) is 10.3 Å². The van der Waals surface area contributed by atoms with Gasteiger partial charge in [0.15, 0.2) is 0 Å². The predicted molar refractivity (Wildman–Crippen MR) is 101 cm³/mol. The Kier molecular flexibility index (Phi) is 5.02. The summed E-state index contributed by atoms with van der Waals surface area (Å²) in [5.41, 5.74) is 2.00. The van der Waals surface area contributed by atoms with Crippen LogP contribution in [0.2, 0.25) is 5.02 Å². The maximum Gasteiger partial charge on any atom is 0.326 e. The molecule has 2 aromatic rings. The highest BCUT2D eigenvalue weighted by Gasteiger charge is 2.33. The van der Waals surface area contributed by atoms with Crippen molar-refractivity contribution in [3.8, 4) is 0 Å². The van der Waals surface area contributed by atoms with Crippen LogP contribution in [-0.4, -0.2) is 41.2 Å². The van der Waals surface area contributed by atoms with Crippen LogP contribution in [0.15, 0.2) is 24.3 Å². The van der Waals surface area contributed by atoms with Crippen molar-refractivity contribution in [2.24, 2.45) is 5.92 Å². The van der Waals surface area contributed by atoms with Crippen LogP contribution >= 0.6 is 11.6 Å². The Morgan fingerprint density at radius 1 is 1.26 bits per heavy atom. The molecule has 1 aromatic carbocycles. The van der Waals surface area contributed by atoms with E-state index in [1.54, 1.807) is 24.3 Å². The van der Waals surface area contributed by atoms with Crippen LogP contribution in [0.3, 0.4) is 0 Å². The number of fused-ring (bicyclic) bond motifs is 1. The third kappa shape index (κ3) is 3.92. The van der Waals surface area contributed by atoms with Gasteiger partial charge in [-0.25, -0.2) is 4.79 Å². The van der Waals surface area contributed by atoms with E-state index in [9.17, 15) is 14.7 Å². The standard InChI is InChI=1S/C20H21ClN2O4/c21-13-5-6-16-14(8-13)15(9-17(22-16)11-3-4-11)19(24)23-18(20(25)26)12-2-1-7-27-10-12/h5-6,8-9,11-12,18H,1-4,7,10H2,(H,23,24)(H,25,26). The summed E-state index contributed by atoms with van der Waals surface area (Å²) in [6.07, 6.45) is 3.63. The lowest BCUT2D eigenvalue weighted by Crippen LogP contribution is -2.48. The van der Waals surface area contributed by atoms with Crippen LogP contribution in [0.4, 0.5) is 0 Å². The van der Waals surface area contributed by atoms with Crippen molar-refractivity contribution in [1.82, 2.24) is 10.3 Å². The van der Waals surface area contributed by atoms with Gasteiger partial charge in [-0.1, -0.05) is 11.6 Å². The lowest BCUT2D eigenvalue weighted by molar-refractivity contribution is -0.142. The minimum Gasteiger partial charge on any atom is -0.480 e. The van der Waals surface area contributed by atoms with Crippen molar-refractivity contribution in [2.75, 3.05) is 13.2 Å². The first-order chi connectivity index (χ1) is 13.0. The lowest BCUT2D eigenvalue weighted by atomic mass is 9.93. The molecule has 1 saturated carbocycles. The van der Waals surface area contributed by atoms with Crippen molar-refractivity contribution < 1.29 is 19.4 Å². The fraction of sp³-hybridized carbons (Fsp3) is 0.450. The number of carbonyl (C=O) groups is 2. The molecule has 2 atom stereocenters. The lowest BCUT2D eigenvalue weighted by Gasteiger charge is -2.28. The Labute approximate surface area is 161 Å². The first-order valence-electron chi connectivity index (χ1n) is 9.24. The topological polar surface area (TPSA) is 88.5 Å². The maximum atomic E-state index is 13.0. The second-order valence-electron chi connectivity index (χ2n) is 7.30. The molecule has 1 amide bonds. The summed E-state index contributed by atoms with van der Waals surface area (Å²) >= 11 is 6.12. The largest absolute Gasteiger partial charge is 0.480 e. The van der Waals surface area contributed by atoms with Gasteiger partial charge < -0.3 is 15.2 Å². The highest BCUT2D eigenvalue weighted by molar-refractivity contribution is 6.31. The van der Waals surface area contributed by atoms with Gasteiger partial charge in [-0.2, -0.15) is 0 Å². The summed E-state index contributed by atoms with van der Waals surface area (Å²) in [5, 5.41) is 13.5. The molecule has 1 aliphatic heterocycles. The van der Waals surface area contributed by atoms with Gasteiger partial charge in [-0.05, 0) is 49.9 Å². The molecular formula is C20H21ClN2O4. The first kappa shape index (κ1) is 18.2. The zero-order chi connectivity index (χ0) is 19.0. The number of halogens is 1. The zero-order valence-electron chi connectivity index (χ0n) is 14.8. The number of carboxylic acid groups (broad SMARTS) is 1. The molecule has 27 heavy (non-hydrogen) atoms. The Morgan fingerprint density at radius 2 is 2.07 bits per heavy atom. The number of amides is 1. The fourth-order valence-electron chi connectivity index (χ4n) is 3.62. The molecule has 0 radical (unpaired) electrons. The number of benzene rings is 1. The Morgan fingerprint density at radius 3 is 2.74 bits per heavy atom. The van der Waals surface area contributed by atoms with Gasteiger partial charge in [0.1, 0.15) is 6.04 Å². The Hall–Kier alpha value is -2.18. The van der Waals surface area contributed by atoms with Crippen molar-refractivity contribution in [3.05, 3.63) is 40.5 Å². The minimum atomic E-state index is -1.04. The van der Waals surface area contributed by atoms with Crippen LogP contribution in [0.5, 0.6) is 0 Å². The molecule has 2 aliphatic rings. The second kappa shape index (κ2) is 7.44. The SMILES string of the molecule is O=C(NC(C(=O)O)C1CCCOC1)c1cc(C2CC2)nc2ccc(Cl)cc12. The average molecular weight is 389 g/mol. The number of aromatic nitrogens is 1. The Balaban J connectivity index is 1.68.